The fraction of sp³-hybridized carbons (Fsp3) is 0.588. The molecule has 0 saturated carbocycles. The number of aromatic nitrogens is 2. The predicted molar refractivity (Wildman–Crippen MR) is 100 cm³/mol. The standard InChI is InChI=1S/C17H26N4O3S/c1-5-13-10-14-16(19-12(2)20-17(14)25-13)18-11-15(22)21(6-8-23-3)7-9-24-4/h10H,5-9,11H2,1-4H3,(H,18,19,20). The molecule has 0 saturated heterocycles. The molecule has 0 bridgehead atoms. The second kappa shape index (κ2) is 9.65. The molecule has 2 heterocycles. The Morgan fingerprint density at radius 1 is 1.24 bits per heavy atom. The Hall–Kier alpha value is -1.77. The van der Waals surface area contributed by atoms with Gasteiger partial charge in [-0.25, -0.2) is 9.97 Å². The highest BCUT2D eigenvalue weighted by molar-refractivity contribution is 7.18. The SMILES string of the molecule is CCc1cc2c(NCC(=O)N(CCOC)CCOC)nc(C)nc2s1. The third kappa shape index (κ3) is 5.35. The van der Waals surface area contributed by atoms with Crippen LogP contribution >= 0.6 is 11.3 Å². The Bertz CT molecular complexity index is 697. The number of carbonyl (C=O) groups is 1. The van der Waals surface area contributed by atoms with Crippen molar-refractivity contribution in [3.63, 3.8) is 0 Å². The van der Waals surface area contributed by atoms with Gasteiger partial charge in [0, 0.05) is 32.2 Å². The van der Waals surface area contributed by atoms with Crippen molar-refractivity contribution in [1.29, 1.82) is 0 Å². The van der Waals surface area contributed by atoms with Gasteiger partial charge < -0.3 is 19.7 Å². The number of rotatable bonds is 10. The van der Waals surface area contributed by atoms with Crippen LogP contribution in [0.3, 0.4) is 0 Å². The zero-order chi connectivity index (χ0) is 18.2. The maximum absolute atomic E-state index is 12.5. The highest BCUT2D eigenvalue weighted by Crippen LogP contribution is 2.29. The summed E-state index contributed by atoms with van der Waals surface area (Å²) < 4.78 is 10.2. The number of aryl methyl sites for hydroxylation is 2. The van der Waals surface area contributed by atoms with Crippen LogP contribution in [-0.4, -0.2) is 67.8 Å². The smallest absolute Gasteiger partial charge is 0.242 e. The van der Waals surface area contributed by atoms with Crippen LogP contribution in [0.25, 0.3) is 10.2 Å². The lowest BCUT2D eigenvalue weighted by molar-refractivity contribution is -0.130. The van der Waals surface area contributed by atoms with Gasteiger partial charge in [-0.1, -0.05) is 6.92 Å². The molecule has 0 spiro atoms. The molecule has 0 fully saturated rings. The molecule has 2 aromatic rings. The first-order valence-electron chi connectivity index (χ1n) is 8.35. The van der Waals surface area contributed by atoms with Crippen molar-refractivity contribution in [3.8, 4) is 0 Å². The molecule has 0 atom stereocenters. The largest absolute Gasteiger partial charge is 0.383 e. The Kier molecular flexibility index (Phi) is 7.54. The number of fused-ring (bicyclic) bond motifs is 1. The summed E-state index contributed by atoms with van der Waals surface area (Å²) >= 11 is 1.67. The van der Waals surface area contributed by atoms with Gasteiger partial charge in [0.1, 0.15) is 16.5 Å². The van der Waals surface area contributed by atoms with Gasteiger partial charge >= 0.3 is 0 Å². The molecule has 138 valence electrons. The molecule has 8 heteroatoms. The van der Waals surface area contributed by atoms with E-state index < -0.39 is 0 Å². The lowest BCUT2D eigenvalue weighted by Gasteiger charge is -2.22. The van der Waals surface area contributed by atoms with E-state index >= 15 is 0 Å². The highest BCUT2D eigenvalue weighted by Gasteiger charge is 2.15. The summed E-state index contributed by atoms with van der Waals surface area (Å²) in [4.78, 5) is 25.4. The van der Waals surface area contributed by atoms with Gasteiger partial charge in [-0.2, -0.15) is 0 Å². The lowest BCUT2D eigenvalue weighted by Crippen LogP contribution is -2.40. The summed E-state index contributed by atoms with van der Waals surface area (Å²) in [6.07, 6.45) is 0.959. The van der Waals surface area contributed by atoms with Crippen LogP contribution in [0.15, 0.2) is 6.07 Å². The molecule has 0 aliphatic carbocycles. The number of nitrogens with zero attached hydrogens (tertiary/aromatic N) is 3. The van der Waals surface area contributed by atoms with Crippen molar-refractivity contribution in [1.82, 2.24) is 14.9 Å². The van der Waals surface area contributed by atoms with E-state index in [1.165, 1.54) is 4.88 Å². The molecule has 2 aromatic heterocycles. The summed E-state index contributed by atoms with van der Waals surface area (Å²) in [7, 11) is 3.25. The normalized spacial score (nSPS) is 11.0. The molecule has 25 heavy (non-hydrogen) atoms. The fourth-order valence-corrected chi connectivity index (χ4v) is 3.44. The zero-order valence-corrected chi connectivity index (χ0v) is 16.1. The second-order valence-corrected chi connectivity index (χ2v) is 6.74. The van der Waals surface area contributed by atoms with Crippen molar-refractivity contribution in [2.24, 2.45) is 0 Å². The number of carbonyl (C=O) groups excluding carboxylic acids is 1. The third-order valence-electron chi connectivity index (χ3n) is 3.79. The minimum atomic E-state index is -0.00976. The third-order valence-corrected chi connectivity index (χ3v) is 4.97. The predicted octanol–water partition coefficient (Wildman–Crippen LogP) is 2.10. The van der Waals surface area contributed by atoms with E-state index in [0.29, 0.717) is 37.9 Å². The number of thiophene rings is 1. The van der Waals surface area contributed by atoms with Crippen molar-refractivity contribution in [2.45, 2.75) is 20.3 Å². The number of amides is 1. The average molecular weight is 366 g/mol. The van der Waals surface area contributed by atoms with Gasteiger partial charge in [0.05, 0.1) is 25.1 Å². The van der Waals surface area contributed by atoms with E-state index in [-0.39, 0.29) is 12.5 Å². The van der Waals surface area contributed by atoms with Crippen molar-refractivity contribution in [2.75, 3.05) is 52.4 Å². The van der Waals surface area contributed by atoms with Gasteiger partial charge in [-0.05, 0) is 19.4 Å². The van der Waals surface area contributed by atoms with Crippen LogP contribution in [0.2, 0.25) is 0 Å². The van der Waals surface area contributed by atoms with Crippen LogP contribution < -0.4 is 5.32 Å². The van der Waals surface area contributed by atoms with Gasteiger partial charge in [0.2, 0.25) is 5.91 Å². The summed E-state index contributed by atoms with van der Waals surface area (Å²) in [6, 6.07) is 2.10. The van der Waals surface area contributed by atoms with E-state index in [9.17, 15) is 4.79 Å². The summed E-state index contributed by atoms with van der Waals surface area (Å²) in [5, 5.41) is 4.15. The summed E-state index contributed by atoms with van der Waals surface area (Å²) in [5.74, 6) is 1.40. The molecule has 0 unspecified atom stereocenters. The molecule has 0 aliphatic heterocycles. The number of anilines is 1. The summed E-state index contributed by atoms with van der Waals surface area (Å²) in [6.45, 7) is 6.23. The number of hydrogen-bond acceptors (Lipinski definition) is 7. The van der Waals surface area contributed by atoms with Gasteiger partial charge in [-0.3, -0.25) is 4.79 Å². The number of nitrogens with one attached hydrogen (secondary N) is 1. The number of methoxy groups -OCH3 is 2. The zero-order valence-electron chi connectivity index (χ0n) is 15.3. The van der Waals surface area contributed by atoms with Crippen LogP contribution in [0.1, 0.15) is 17.6 Å². The topological polar surface area (TPSA) is 76.6 Å². The van der Waals surface area contributed by atoms with Crippen LogP contribution in [0, 0.1) is 6.92 Å². The maximum atomic E-state index is 12.5. The molecule has 0 aliphatic rings. The molecule has 7 nitrogen and oxygen atoms in total. The minimum Gasteiger partial charge on any atom is -0.383 e. The first-order valence-corrected chi connectivity index (χ1v) is 9.17. The van der Waals surface area contributed by atoms with Crippen LogP contribution in [0.5, 0.6) is 0 Å². The Balaban J connectivity index is 2.09. The molecular formula is C17H26N4O3S. The lowest BCUT2D eigenvalue weighted by atomic mass is 10.3. The molecule has 0 aromatic carbocycles. The number of ether oxygens (including phenoxy) is 2. The number of hydrogen-bond donors (Lipinski definition) is 1. The van der Waals surface area contributed by atoms with Gasteiger partial charge in [0.25, 0.3) is 0 Å². The van der Waals surface area contributed by atoms with Crippen LogP contribution in [-0.2, 0) is 20.7 Å². The van der Waals surface area contributed by atoms with Crippen molar-refractivity contribution >= 4 is 33.3 Å². The first-order chi connectivity index (χ1) is 12.1. The molecule has 2 rings (SSSR count). The highest BCUT2D eigenvalue weighted by atomic mass is 32.1. The molecule has 1 amide bonds. The van der Waals surface area contributed by atoms with Crippen molar-refractivity contribution in [3.05, 3.63) is 16.8 Å². The maximum Gasteiger partial charge on any atom is 0.242 e. The molecule has 1 N–H and O–H groups in total. The summed E-state index contributed by atoms with van der Waals surface area (Å²) in [5.41, 5.74) is 0. The van der Waals surface area contributed by atoms with E-state index in [1.807, 2.05) is 6.92 Å². The Labute approximate surface area is 152 Å². The van der Waals surface area contributed by atoms with E-state index in [4.69, 9.17) is 9.47 Å². The minimum absolute atomic E-state index is 0.00976. The van der Waals surface area contributed by atoms with E-state index in [2.05, 4.69) is 28.3 Å². The average Bonchev–Trinajstić information content (AvgIpc) is 3.02. The van der Waals surface area contributed by atoms with Crippen LogP contribution in [0.4, 0.5) is 5.82 Å². The van der Waals surface area contributed by atoms with Gasteiger partial charge in [-0.15, -0.1) is 11.3 Å². The van der Waals surface area contributed by atoms with Crippen molar-refractivity contribution < 1.29 is 14.3 Å². The second-order valence-electron chi connectivity index (χ2n) is 5.62. The van der Waals surface area contributed by atoms with E-state index in [0.717, 1.165) is 16.6 Å². The van der Waals surface area contributed by atoms with E-state index in [1.54, 1.807) is 30.5 Å². The van der Waals surface area contributed by atoms with Gasteiger partial charge in [0.15, 0.2) is 0 Å². The monoisotopic (exact) mass is 366 g/mol. The Morgan fingerprint density at radius 2 is 1.92 bits per heavy atom. The molecule has 0 radical (unpaired) electrons. The molecular weight excluding hydrogens is 340 g/mol. The Morgan fingerprint density at radius 3 is 2.52 bits per heavy atom. The quantitative estimate of drug-likeness (QED) is 0.694. The fourth-order valence-electron chi connectivity index (χ4n) is 2.42. The first kappa shape index (κ1) is 19.6.